The molecule has 0 radical (unpaired) electrons. The van der Waals surface area contributed by atoms with Crippen LogP contribution in [0.4, 0.5) is 5.69 Å². The van der Waals surface area contributed by atoms with Crippen molar-refractivity contribution in [2.75, 3.05) is 30.5 Å². The molecule has 0 spiro atoms. The second-order valence-electron chi connectivity index (χ2n) is 6.50. The van der Waals surface area contributed by atoms with Gasteiger partial charge in [0.1, 0.15) is 12.6 Å². The van der Waals surface area contributed by atoms with E-state index in [4.69, 9.17) is 0 Å². The molecule has 3 rings (SSSR count). The van der Waals surface area contributed by atoms with Gasteiger partial charge in [-0.25, -0.2) is 8.42 Å². The van der Waals surface area contributed by atoms with E-state index in [1.165, 1.54) is 22.0 Å². The predicted molar refractivity (Wildman–Crippen MR) is 98.2 cm³/mol. The normalized spacial score (nSPS) is 16.7. The molecule has 2 aromatic rings. The number of para-hydroxylation sites is 1. The molecule has 0 unspecified atom stereocenters. The van der Waals surface area contributed by atoms with Crippen molar-refractivity contribution in [3.63, 3.8) is 0 Å². The summed E-state index contributed by atoms with van der Waals surface area (Å²) < 4.78 is 27.5. The van der Waals surface area contributed by atoms with Crippen molar-refractivity contribution >= 4 is 15.7 Å². The smallest absolute Gasteiger partial charge is 0.264 e. The molecule has 1 heterocycles. The van der Waals surface area contributed by atoms with Crippen LogP contribution < -0.4 is 9.21 Å². The third-order valence-electron chi connectivity index (χ3n) is 4.59. The number of rotatable bonds is 7. The minimum atomic E-state index is -3.72. The van der Waals surface area contributed by atoms with Crippen LogP contribution in [0.5, 0.6) is 0 Å². The van der Waals surface area contributed by atoms with Gasteiger partial charge in [0, 0.05) is 12.8 Å². The molecule has 0 amide bonds. The summed E-state index contributed by atoms with van der Waals surface area (Å²) in [5, 5.41) is 10.5. The highest BCUT2D eigenvalue weighted by molar-refractivity contribution is 7.92. The van der Waals surface area contributed by atoms with Crippen LogP contribution in [0.1, 0.15) is 12.8 Å². The Hall–Kier alpha value is -1.89. The van der Waals surface area contributed by atoms with E-state index in [-0.39, 0.29) is 11.4 Å². The molecular formula is C19H25N2O3S+. The van der Waals surface area contributed by atoms with E-state index in [0.717, 1.165) is 13.1 Å². The lowest BCUT2D eigenvalue weighted by molar-refractivity contribution is -0.890. The minimum absolute atomic E-state index is 0.0603. The molecule has 2 N–H and O–H groups in total. The van der Waals surface area contributed by atoms with E-state index in [1.54, 1.807) is 54.6 Å². The van der Waals surface area contributed by atoms with E-state index in [0.29, 0.717) is 12.2 Å². The van der Waals surface area contributed by atoms with Gasteiger partial charge in [0.2, 0.25) is 0 Å². The summed E-state index contributed by atoms with van der Waals surface area (Å²) in [4.78, 5) is 1.58. The summed E-state index contributed by atoms with van der Waals surface area (Å²) in [5.74, 6) is 0. The molecule has 6 heteroatoms. The molecular weight excluding hydrogens is 336 g/mol. The maximum atomic E-state index is 13.1. The zero-order valence-electron chi connectivity index (χ0n) is 14.2. The zero-order valence-corrected chi connectivity index (χ0v) is 15.0. The average molecular weight is 361 g/mol. The second kappa shape index (κ2) is 7.99. The van der Waals surface area contributed by atoms with Gasteiger partial charge in [0.25, 0.3) is 10.0 Å². The van der Waals surface area contributed by atoms with Crippen LogP contribution in [0.15, 0.2) is 65.6 Å². The fourth-order valence-corrected chi connectivity index (χ4v) is 4.85. The van der Waals surface area contributed by atoms with Crippen LogP contribution in [0, 0.1) is 0 Å². The van der Waals surface area contributed by atoms with Gasteiger partial charge < -0.3 is 10.0 Å². The van der Waals surface area contributed by atoms with Crippen molar-refractivity contribution in [2.24, 2.45) is 0 Å². The van der Waals surface area contributed by atoms with Crippen molar-refractivity contribution in [1.29, 1.82) is 0 Å². The number of benzene rings is 2. The van der Waals surface area contributed by atoms with Crippen molar-refractivity contribution in [3.05, 3.63) is 60.7 Å². The number of aliphatic hydroxyl groups is 1. The molecule has 25 heavy (non-hydrogen) atoms. The largest absolute Gasteiger partial charge is 0.385 e. The standard InChI is InChI=1S/C19H24N2O3S/c22-18(15-20-13-7-8-14-20)16-21(17-9-3-1-4-10-17)25(23,24)19-11-5-2-6-12-19/h1-6,9-12,18,22H,7-8,13-16H2/p+1/t18-/m0/s1. The minimum Gasteiger partial charge on any atom is -0.385 e. The number of sulfonamides is 1. The second-order valence-corrected chi connectivity index (χ2v) is 8.36. The number of likely N-dealkylation sites (tertiary alicyclic amines) is 1. The van der Waals surface area contributed by atoms with Crippen LogP contribution in [0.3, 0.4) is 0 Å². The van der Waals surface area contributed by atoms with Crippen LogP contribution >= 0.6 is 0 Å². The predicted octanol–water partition coefficient (Wildman–Crippen LogP) is 0.922. The van der Waals surface area contributed by atoms with Gasteiger partial charge in [-0.3, -0.25) is 4.31 Å². The number of anilines is 1. The molecule has 1 aliphatic heterocycles. The molecule has 0 aliphatic carbocycles. The summed E-state index contributed by atoms with van der Waals surface area (Å²) in [7, 11) is -3.72. The molecule has 1 atom stereocenters. The van der Waals surface area contributed by atoms with Gasteiger partial charge in [-0.05, 0) is 24.3 Å². The third-order valence-corrected chi connectivity index (χ3v) is 6.39. The Morgan fingerprint density at radius 1 is 0.960 bits per heavy atom. The lowest BCUT2D eigenvalue weighted by Gasteiger charge is -2.27. The number of aliphatic hydroxyl groups excluding tert-OH is 1. The van der Waals surface area contributed by atoms with Crippen molar-refractivity contribution in [2.45, 2.75) is 23.8 Å². The molecule has 1 aliphatic rings. The van der Waals surface area contributed by atoms with Crippen LogP contribution in [0.25, 0.3) is 0 Å². The maximum absolute atomic E-state index is 13.1. The Labute approximate surface area is 149 Å². The average Bonchev–Trinajstić information content (AvgIpc) is 3.14. The molecule has 1 saturated heterocycles. The first-order chi connectivity index (χ1) is 12.1. The molecule has 0 bridgehead atoms. The fraction of sp³-hybridized carbons (Fsp3) is 0.368. The Balaban J connectivity index is 1.85. The summed E-state index contributed by atoms with van der Waals surface area (Å²) in [6.07, 6.45) is 1.64. The van der Waals surface area contributed by atoms with Crippen LogP contribution in [0.2, 0.25) is 0 Å². The highest BCUT2D eigenvalue weighted by Gasteiger charge is 2.29. The maximum Gasteiger partial charge on any atom is 0.264 e. The summed E-state index contributed by atoms with van der Waals surface area (Å²) >= 11 is 0. The highest BCUT2D eigenvalue weighted by atomic mass is 32.2. The number of nitrogens with one attached hydrogen (secondary N) is 1. The Morgan fingerprint density at radius 2 is 1.52 bits per heavy atom. The first-order valence-electron chi connectivity index (χ1n) is 8.72. The van der Waals surface area contributed by atoms with Gasteiger partial charge in [0.05, 0.1) is 30.2 Å². The SMILES string of the molecule is O=S(=O)(c1ccccc1)N(C[C@@H](O)C[NH+]1CCCC1)c1ccccc1. The quantitative estimate of drug-likeness (QED) is 0.771. The molecule has 5 nitrogen and oxygen atoms in total. The van der Waals surface area contributed by atoms with Crippen molar-refractivity contribution < 1.29 is 18.4 Å². The molecule has 1 fully saturated rings. The fourth-order valence-electron chi connectivity index (χ4n) is 3.32. The van der Waals surface area contributed by atoms with Gasteiger partial charge in [-0.1, -0.05) is 36.4 Å². The molecule has 0 saturated carbocycles. The van der Waals surface area contributed by atoms with E-state index >= 15 is 0 Å². The van der Waals surface area contributed by atoms with Gasteiger partial charge in [0.15, 0.2) is 0 Å². The Morgan fingerprint density at radius 3 is 2.12 bits per heavy atom. The highest BCUT2D eigenvalue weighted by Crippen LogP contribution is 2.23. The molecule has 2 aromatic carbocycles. The number of hydrogen-bond donors (Lipinski definition) is 2. The number of quaternary nitrogens is 1. The summed E-state index contributed by atoms with van der Waals surface area (Å²) in [6.45, 7) is 2.74. The zero-order chi connectivity index (χ0) is 17.7. The Kier molecular flexibility index (Phi) is 5.73. The monoisotopic (exact) mass is 361 g/mol. The summed E-state index contributed by atoms with van der Waals surface area (Å²) in [5.41, 5.74) is 0.571. The van der Waals surface area contributed by atoms with Crippen LogP contribution in [-0.4, -0.2) is 45.8 Å². The van der Waals surface area contributed by atoms with Crippen molar-refractivity contribution in [3.8, 4) is 0 Å². The lowest BCUT2D eigenvalue weighted by Crippen LogP contribution is -3.11. The van der Waals surface area contributed by atoms with E-state index in [9.17, 15) is 13.5 Å². The first kappa shape index (κ1) is 17.9. The van der Waals surface area contributed by atoms with Gasteiger partial charge in [-0.15, -0.1) is 0 Å². The topological polar surface area (TPSA) is 62.0 Å². The third kappa shape index (κ3) is 4.39. The Bertz CT molecular complexity index is 760. The summed E-state index contributed by atoms with van der Waals surface area (Å²) in [6, 6.07) is 17.4. The molecule has 0 aromatic heterocycles. The van der Waals surface area contributed by atoms with Gasteiger partial charge in [-0.2, -0.15) is 0 Å². The van der Waals surface area contributed by atoms with Gasteiger partial charge >= 0.3 is 0 Å². The first-order valence-corrected chi connectivity index (χ1v) is 10.2. The lowest BCUT2D eigenvalue weighted by atomic mass is 10.3. The van der Waals surface area contributed by atoms with E-state index in [1.807, 2.05) is 6.07 Å². The van der Waals surface area contributed by atoms with Crippen LogP contribution in [-0.2, 0) is 10.0 Å². The van der Waals surface area contributed by atoms with E-state index < -0.39 is 16.1 Å². The molecule has 134 valence electrons. The van der Waals surface area contributed by atoms with E-state index in [2.05, 4.69) is 0 Å². The number of nitrogens with zero attached hydrogens (tertiary/aromatic N) is 1. The number of hydrogen-bond acceptors (Lipinski definition) is 3. The van der Waals surface area contributed by atoms with Crippen molar-refractivity contribution in [1.82, 2.24) is 0 Å².